The van der Waals surface area contributed by atoms with Crippen LogP contribution in [0, 0.1) is 0 Å². The molecule has 1 aliphatic carbocycles. The van der Waals surface area contributed by atoms with Gasteiger partial charge in [-0.2, -0.15) is 0 Å². The highest BCUT2D eigenvalue weighted by Crippen LogP contribution is 2.39. The lowest BCUT2D eigenvalue weighted by Crippen LogP contribution is -2.35. The van der Waals surface area contributed by atoms with Crippen LogP contribution >= 0.6 is 46.9 Å². The Morgan fingerprint density at radius 2 is 2.04 bits per heavy atom. The lowest BCUT2D eigenvalue weighted by molar-refractivity contribution is -0.117. The summed E-state index contributed by atoms with van der Waals surface area (Å²) in [5, 5.41) is 7.13. The van der Waals surface area contributed by atoms with Crippen molar-refractivity contribution in [3.8, 4) is 0 Å². The summed E-state index contributed by atoms with van der Waals surface area (Å²) in [5.41, 5.74) is 1.59. The number of nitrogens with one attached hydrogen (secondary N) is 2. The maximum atomic E-state index is 12.4. The van der Waals surface area contributed by atoms with Gasteiger partial charge in [0.25, 0.3) is 0 Å². The van der Waals surface area contributed by atoms with Crippen molar-refractivity contribution in [1.29, 1.82) is 0 Å². The van der Waals surface area contributed by atoms with Crippen LogP contribution in [-0.4, -0.2) is 29.3 Å². The predicted molar refractivity (Wildman–Crippen MR) is 119 cm³/mol. The second-order valence-electron chi connectivity index (χ2n) is 6.03. The fourth-order valence-electron chi connectivity index (χ4n) is 2.89. The SMILES string of the molecule is CCOC(=O)c1c(NC(=S)NC(=O)CSc2ccc(Cl)cc2)sc2c1CCC2. The number of thiocarbonyl (C=S) groups is 1. The Morgan fingerprint density at radius 1 is 1.29 bits per heavy atom. The second kappa shape index (κ2) is 9.73. The van der Waals surface area contributed by atoms with Crippen LogP contribution in [-0.2, 0) is 22.4 Å². The van der Waals surface area contributed by atoms with Gasteiger partial charge in [0.1, 0.15) is 5.00 Å². The molecule has 28 heavy (non-hydrogen) atoms. The molecule has 1 aliphatic rings. The van der Waals surface area contributed by atoms with Crippen LogP contribution in [0.15, 0.2) is 29.2 Å². The summed E-state index contributed by atoms with van der Waals surface area (Å²) >= 11 is 14.0. The van der Waals surface area contributed by atoms with E-state index >= 15 is 0 Å². The van der Waals surface area contributed by atoms with Crippen LogP contribution in [0.4, 0.5) is 5.00 Å². The number of thioether (sulfide) groups is 1. The molecule has 0 saturated carbocycles. The molecular formula is C19H19ClN2O3S3. The van der Waals surface area contributed by atoms with Gasteiger partial charge in [0.2, 0.25) is 5.91 Å². The maximum Gasteiger partial charge on any atom is 0.341 e. The zero-order valence-electron chi connectivity index (χ0n) is 15.2. The first-order valence-electron chi connectivity index (χ1n) is 8.78. The molecule has 0 unspecified atom stereocenters. The predicted octanol–water partition coefficient (Wildman–Crippen LogP) is 4.67. The number of esters is 1. The minimum Gasteiger partial charge on any atom is -0.462 e. The second-order valence-corrected chi connectivity index (χ2v) is 9.03. The lowest BCUT2D eigenvalue weighted by atomic mass is 10.1. The Morgan fingerprint density at radius 3 is 2.75 bits per heavy atom. The lowest BCUT2D eigenvalue weighted by Gasteiger charge is -2.11. The molecule has 0 atom stereocenters. The third-order valence-electron chi connectivity index (χ3n) is 4.06. The van der Waals surface area contributed by atoms with Crippen LogP contribution in [0.2, 0.25) is 5.02 Å². The number of thiophene rings is 1. The van der Waals surface area contributed by atoms with E-state index in [1.165, 1.54) is 28.0 Å². The average molecular weight is 455 g/mol. The number of carbonyl (C=O) groups is 2. The van der Waals surface area contributed by atoms with Crippen LogP contribution in [0.3, 0.4) is 0 Å². The quantitative estimate of drug-likeness (QED) is 0.375. The Bertz CT molecular complexity index is 897. The molecule has 1 amide bonds. The Kier molecular flexibility index (Phi) is 7.34. The molecule has 1 aromatic carbocycles. The molecule has 0 radical (unpaired) electrons. The molecule has 0 saturated heterocycles. The number of amides is 1. The number of anilines is 1. The van der Waals surface area contributed by atoms with Gasteiger partial charge in [-0.05, 0) is 68.2 Å². The molecule has 0 bridgehead atoms. The molecule has 0 aliphatic heterocycles. The molecule has 0 spiro atoms. The number of rotatable bonds is 6. The number of hydrogen-bond donors (Lipinski definition) is 2. The smallest absolute Gasteiger partial charge is 0.341 e. The van der Waals surface area contributed by atoms with Crippen molar-refractivity contribution in [2.75, 3.05) is 17.7 Å². The summed E-state index contributed by atoms with van der Waals surface area (Å²) in [6, 6.07) is 7.27. The van der Waals surface area contributed by atoms with E-state index in [-0.39, 0.29) is 22.7 Å². The molecular weight excluding hydrogens is 436 g/mol. The van der Waals surface area contributed by atoms with Crippen molar-refractivity contribution >= 4 is 68.9 Å². The summed E-state index contributed by atoms with van der Waals surface area (Å²) in [6.07, 6.45) is 2.85. The summed E-state index contributed by atoms with van der Waals surface area (Å²) in [7, 11) is 0. The van der Waals surface area contributed by atoms with Gasteiger partial charge in [-0.1, -0.05) is 11.6 Å². The van der Waals surface area contributed by atoms with E-state index in [0.717, 1.165) is 29.7 Å². The van der Waals surface area contributed by atoms with E-state index in [1.807, 2.05) is 12.1 Å². The minimum absolute atomic E-state index is 0.173. The molecule has 1 aromatic heterocycles. The van der Waals surface area contributed by atoms with Gasteiger partial charge in [-0.15, -0.1) is 23.1 Å². The number of hydrogen-bond acceptors (Lipinski definition) is 6. The maximum absolute atomic E-state index is 12.4. The normalized spacial score (nSPS) is 12.4. The van der Waals surface area contributed by atoms with Crippen molar-refractivity contribution in [2.24, 2.45) is 0 Å². The van der Waals surface area contributed by atoms with Gasteiger partial charge in [0, 0.05) is 14.8 Å². The molecule has 0 fully saturated rings. The number of benzene rings is 1. The van der Waals surface area contributed by atoms with E-state index in [0.29, 0.717) is 22.2 Å². The summed E-state index contributed by atoms with van der Waals surface area (Å²) in [4.78, 5) is 26.7. The van der Waals surface area contributed by atoms with Crippen molar-refractivity contribution < 1.29 is 14.3 Å². The van der Waals surface area contributed by atoms with Gasteiger partial charge in [0.05, 0.1) is 17.9 Å². The van der Waals surface area contributed by atoms with E-state index in [2.05, 4.69) is 10.6 Å². The Labute approximate surface area is 182 Å². The fourth-order valence-corrected chi connectivity index (χ4v) is 5.28. The van der Waals surface area contributed by atoms with Crippen LogP contribution in [0.25, 0.3) is 0 Å². The van der Waals surface area contributed by atoms with Crippen LogP contribution in [0.1, 0.15) is 34.1 Å². The average Bonchev–Trinajstić information content (AvgIpc) is 3.21. The zero-order chi connectivity index (χ0) is 20.1. The number of ether oxygens (including phenoxy) is 1. The van der Waals surface area contributed by atoms with Gasteiger partial charge in [0.15, 0.2) is 5.11 Å². The van der Waals surface area contributed by atoms with Crippen molar-refractivity contribution in [3.05, 3.63) is 45.3 Å². The van der Waals surface area contributed by atoms with Crippen LogP contribution < -0.4 is 10.6 Å². The highest BCUT2D eigenvalue weighted by Gasteiger charge is 2.28. The van der Waals surface area contributed by atoms with Crippen LogP contribution in [0.5, 0.6) is 0 Å². The van der Waals surface area contributed by atoms with Crippen molar-refractivity contribution in [3.63, 3.8) is 0 Å². The number of halogens is 1. The van der Waals surface area contributed by atoms with E-state index in [9.17, 15) is 9.59 Å². The van der Waals surface area contributed by atoms with Gasteiger partial charge < -0.3 is 15.4 Å². The third kappa shape index (κ3) is 5.26. The van der Waals surface area contributed by atoms with Crippen molar-refractivity contribution in [1.82, 2.24) is 5.32 Å². The van der Waals surface area contributed by atoms with Crippen molar-refractivity contribution in [2.45, 2.75) is 31.1 Å². The first-order valence-corrected chi connectivity index (χ1v) is 11.4. The van der Waals surface area contributed by atoms with Gasteiger partial charge in [-0.3, -0.25) is 4.79 Å². The van der Waals surface area contributed by atoms with Gasteiger partial charge >= 0.3 is 5.97 Å². The summed E-state index contributed by atoms with van der Waals surface area (Å²) in [5.74, 6) is -0.356. The highest BCUT2D eigenvalue weighted by atomic mass is 35.5. The Balaban J connectivity index is 1.59. The molecule has 3 rings (SSSR count). The molecule has 9 heteroatoms. The first-order chi connectivity index (χ1) is 13.5. The largest absolute Gasteiger partial charge is 0.462 e. The molecule has 148 valence electrons. The first kappa shape index (κ1) is 21.1. The highest BCUT2D eigenvalue weighted by molar-refractivity contribution is 8.00. The molecule has 5 nitrogen and oxygen atoms in total. The third-order valence-corrected chi connectivity index (χ3v) is 6.74. The number of aryl methyl sites for hydroxylation is 1. The van der Waals surface area contributed by atoms with E-state index in [4.69, 9.17) is 28.6 Å². The molecule has 2 N–H and O–H groups in total. The van der Waals surface area contributed by atoms with E-state index in [1.54, 1.807) is 19.1 Å². The summed E-state index contributed by atoms with van der Waals surface area (Å²) in [6.45, 7) is 2.09. The summed E-state index contributed by atoms with van der Waals surface area (Å²) < 4.78 is 5.20. The fraction of sp³-hybridized carbons (Fsp3) is 0.316. The Hall–Kier alpha value is -1.61. The molecule has 1 heterocycles. The van der Waals surface area contributed by atoms with Gasteiger partial charge in [-0.25, -0.2) is 4.79 Å². The molecule has 2 aromatic rings. The van der Waals surface area contributed by atoms with E-state index < -0.39 is 0 Å². The monoisotopic (exact) mass is 454 g/mol. The standard InChI is InChI=1S/C19H19ClN2O3S3/c1-2-25-18(24)16-13-4-3-5-14(13)28-17(16)22-19(26)21-15(23)10-27-12-8-6-11(20)7-9-12/h6-9H,2-5,10H2,1H3,(H2,21,22,23,26). The minimum atomic E-state index is -0.350. The topological polar surface area (TPSA) is 67.4 Å². The number of fused-ring (bicyclic) bond motifs is 1. The number of carbonyl (C=O) groups excluding carboxylic acids is 2. The zero-order valence-corrected chi connectivity index (χ0v) is 18.4.